The highest BCUT2D eigenvalue weighted by Gasteiger charge is 2.32. The first kappa shape index (κ1) is 21.8. The quantitative estimate of drug-likeness (QED) is 0.515. The van der Waals surface area contributed by atoms with E-state index in [9.17, 15) is 18.4 Å². The van der Waals surface area contributed by atoms with E-state index in [1.54, 1.807) is 12.1 Å². The molecule has 1 aromatic heterocycles. The average molecular weight is 456 g/mol. The van der Waals surface area contributed by atoms with Crippen molar-refractivity contribution >= 4 is 28.0 Å². The monoisotopic (exact) mass is 456 g/mol. The molecule has 1 saturated heterocycles. The smallest absolute Gasteiger partial charge is 0.335 e. The highest BCUT2D eigenvalue weighted by molar-refractivity contribution is 7.95. The van der Waals surface area contributed by atoms with Gasteiger partial charge in [-0.2, -0.15) is 0 Å². The Morgan fingerprint density at radius 2 is 1.84 bits per heavy atom. The predicted octanol–water partition coefficient (Wildman–Crippen LogP) is 2.62. The molecule has 3 aromatic rings. The number of nitrogens with zero attached hydrogens (tertiary/aromatic N) is 3. The van der Waals surface area contributed by atoms with Gasteiger partial charge in [-0.25, -0.2) is 4.79 Å². The van der Waals surface area contributed by atoms with E-state index in [1.165, 1.54) is 40.7 Å². The minimum atomic E-state index is -3.58. The second-order valence-electron chi connectivity index (χ2n) is 7.25. The fourth-order valence-electron chi connectivity index (χ4n) is 3.35. The molecule has 0 saturated carbocycles. The number of carbonyl (C=O) groups is 2. The first-order valence-corrected chi connectivity index (χ1v) is 11.3. The molecule has 1 amide bonds. The summed E-state index contributed by atoms with van der Waals surface area (Å²) in [5.41, 5.74) is 0.978. The maximum absolute atomic E-state index is 12.8. The van der Waals surface area contributed by atoms with Gasteiger partial charge in [-0.15, -0.1) is 14.5 Å². The Labute approximate surface area is 184 Å². The van der Waals surface area contributed by atoms with E-state index in [-0.39, 0.29) is 28.7 Å². The lowest BCUT2D eigenvalue weighted by atomic mass is 10.2. The van der Waals surface area contributed by atoms with Crippen LogP contribution in [0.5, 0.6) is 0 Å². The molecule has 10 nitrogen and oxygen atoms in total. The first-order valence-electron chi connectivity index (χ1n) is 9.89. The molecule has 2 N–H and O–H groups in total. The zero-order valence-electron chi connectivity index (χ0n) is 16.9. The van der Waals surface area contributed by atoms with Crippen molar-refractivity contribution < 1.29 is 27.9 Å². The summed E-state index contributed by atoms with van der Waals surface area (Å²) in [7, 11) is -3.58. The molecular formula is C21H20N4O6S. The van der Waals surface area contributed by atoms with Crippen LogP contribution < -0.4 is 5.32 Å². The predicted molar refractivity (Wildman–Crippen MR) is 113 cm³/mol. The number of benzene rings is 2. The molecule has 32 heavy (non-hydrogen) atoms. The molecular weight excluding hydrogens is 436 g/mol. The van der Waals surface area contributed by atoms with Crippen LogP contribution in [0.25, 0.3) is 11.5 Å². The van der Waals surface area contributed by atoms with E-state index in [0.717, 1.165) is 12.8 Å². The second-order valence-corrected chi connectivity index (χ2v) is 9.19. The normalized spacial score (nSPS) is 15.9. The fraction of sp³-hybridized carbons (Fsp3) is 0.238. The van der Waals surface area contributed by atoms with Crippen molar-refractivity contribution in [3.8, 4) is 11.5 Å². The van der Waals surface area contributed by atoms with Gasteiger partial charge in [0, 0.05) is 30.4 Å². The van der Waals surface area contributed by atoms with Crippen LogP contribution in [0.15, 0.2) is 57.8 Å². The lowest BCUT2D eigenvalue weighted by Crippen LogP contribution is -2.33. The van der Waals surface area contributed by atoms with Crippen LogP contribution in [0.2, 0.25) is 0 Å². The highest BCUT2D eigenvalue weighted by Crippen LogP contribution is 2.28. The molecule has 2 aromatic carbocycles. The van der Waals surface area contributed by atoms with Gasteiger partial charge in [0.05, 0.1) is 5.56 Å². The molecule has 1 aliphatic heterocycles. The summed E-state index contributed by atoms with van der Waals surface area (Å²) in [4.78, 5) is 23.3. The zero-order chi connectivity index (χ0) is 22.7. The third-order valence-corrected chi connectivity index (χ3v) is 6.87. The van der Waals surface area contributed by atoms with Gasteiger partial charge in [-0.1, -0.05) is 10.3 Å². The maximum atomic E-state index is 12.8. The number of hydrogen-bond donors (Lipinski definition) is 2. The van der Waals surface area contributed by atoms with Crippen LogP contribution in [0, 0.1) is 0 Å². The summed E-state index contributed by atoms with van der Waals surface area (Å²) < 4.78 is 32.6. The first-order chi connectivity index (χ1) is 15.3. The third-order valence-electron chi connectivity index (χ3n) is 4.98. The van der Waals surface area contributed by atoms with Crippen LogP contribution in [0.1, 0.15) is 29.1 Å². The van der Waals surface area contributed by atoms with Gasteiger partial charge in [-0.3, -0.25) is 4.79 Å². The molecule has 0 aliphatic carbocycles. The molecule has 4 rings (SSSR count). The number of rotatable bonds is 7. The fourth-order valence-corrected chi connectivity index (χ4v) is 4.91. The Balaban J connectivity index is 1.44. The molecule has 2 heterocycles. The average Bonchev–Trinajstić information content (AvgIpc) is 3.47. The van der Waals surface area contributed by atoms with Gasteiger partial charge in [0.15, 0.2) is 15.3 Å². The van der Waals surface area contributed by atoms with Crippen LogP contribution in [0.4, 0.5) is 5.69 Å². The third kappa shape index (κ3) is 4.74. The van der Waals surface area contributed by atoms with Crippen molar-refractivity contribution in [1.82, 2.24) is 14.5 Å². The number of nitrogens with one attached hydrogen (secondary N) is 1. The number of aromatic carboxylic acids is 1. The SMILES string of the molecule is O=C(Cc1nnc(-c2cccc([S+](=O)([O-])N3CCCC3)c2)o1)Nc1ccc(C(=O)O)cc1. The standard InChI is InChI=1S/C21H20N4O6S/c26-18(22-16-8-6-14(7-9-16)21(27)28)13-19-23-24-20(31-19)15-4-3-5-17(12-15)32(29,30)25-10-1-2-11-25/h3-9,12H,1-2,10-11,13H2,(H2-,22,26,27,28,29,30). The number of carboxylic acid groups (broad SMARTS) is 1. The topological polar surface area (TPSA) is 149 Å². The Morgan fingerprint density at radius 1 is 1.12 bits per heavy atom. The van der Waals surface area contributed by atoms with Gasteiger partial charge < -0.3 is 19.4 Å². The summed E-state index contributed by atoms with van der Waals surface area (Å²) in [5, 5.41) is 19.3. The van der Waals surface area contributed by atoms with Crippen molar-refractivity contribution in [2.75, 3.05) is 18.4 Å². The number of anilines is 1. The minimum absolute atomic E-state index is 0.0625. The Kier molecular flexibility index (Phi) is 6.12. The van der Waals surface area contributed by atoms with Gasteiger partial charge >= 0.3 is 5.97 Å². The lowest BCUT2D eigenvalue weighted by Gasteiger charge is -2.22. The van der Waals surface area contributed by atoms with Crippen molar-refractivity contribution in [3.63, 3.8) is 0 Å². The van der Waals surface area contributed by atoms with E-state index in [1.807, 2.05) is 0 Å². The van der Waals surface area contributed by atoms with Crippen LogP contribution in [-0.4, -0.2) is 49.1 Å². The number of aromatic nitrogens is 2. The zero-order valence-corrected chi connectivity index (χ0v) is 17.7. The summed E-state index contributed by atoms with van der Waals surface area (Å²) in [5.74, 6) is -1.31. The van der Waals surface area contributed by atoms with Crippen molar-refractivity contribution in [1.29, 1.82) is 0 Å². The highest BCUT2D eigenvalue weighted by atomic mass is 32.3. The van der Waals surface area contributed by atoms with E-state index >= 15 is 0 Å². The Bertz CT molecular complexity index is 1190. The largest absolute Gasteiger partial charge is 0.593 e. The number of sulfonamides is 1. The van der Waals surface area contributed by atoms with Crippen molar-refractivity contribution in [2.45, 2.75) is 24.2 Å². The number of carbonyl (C=O) groups excluding carboxylic acids is 1. The van der Waals surface area contributed by atoms with Gasteiger partial charge in [0.25, 0.3) is 0 Å². The van der Waals surface area contributed by atoms with Gasteiger partial charge in [-0.05, 0) is 49.2 Å². The van der Waals surface area contributed by atoms with Crippen LogP contribution in [0.3, 0.4) is 0 Å². The number of hydrogen-bond acceptors (Lipinski definition) is 7. The molecule has 1 atom stereocenters. The Hall–Kier alpha value is -3.41. The summed E-state index contributed by atoms with van der Waals surface area (Å²) in [6.45, 7) is 1.01. The van der Waals surface area contributed by atoms with Crippen LogP contribution >= 0.6 is 0 Å². The summed E-state index contributed by atoms with van der Waals surface area (Å²) in [6, 6.07) is 12.0. The molecule has 1 fully saturated rings. The van der Waals surface area contributed by atoms with Crippen molar-refractivity contribution in [2.24, 2.45) is 0 Å². The van der Waals surface area contributed by atoms with Gasteiger partial charge in [0.2, 0.25) is 17.7 Å². The van der Waals surface area contributed by atoms with Crippen molar-refractivity contribution in [3.05, 3.63) is 60.0 Å². The van der Waals surface area contributed by atoms with Gasteiger partial charge in [0.1, 0.15) is 6.42 Å². The molecule has 0 bridgehead atoms. The Morgan fingerprint density at radius 3 is 2.53 bits per heavy atom. The van der Waals surface area contributed by atoms with E-state index in [2.05, 4.69) is 15.5 Å². The summed E-state index contributed by atoms with van der Waals surface area (Å²) in [6.07, 6.45) is 1.49. The van der Waals surface area contributed by atoms with E-state index in [0.29, 0.717) is 24.3 Å². The molecule has 1 aliphatic rings. The molecule has 1 unspecified atom stereocenters. The molecule has 166 valence electrons. The van der Waals surface area contributed by atoms with Crippen LogP contribution in [-0.2, 0) is 25.8 Å². The van der Waals surface area contributed by atoms with E-state index < -0.39 is 22.3 Å². The summed E-state index contributed by atoms with van der Waals surface area (Å²) >= 11 is 0. The number of amides is 1. The lowest BCUT2D eigenvalue weighted by molar-refractivity contribution is -0.115. The minimum Gasteiger partial charge on any atom is -0.593 e. The molecule has 11 heteroatoms. The maximum Gasteiger partial charge on any atom is 0.335 e. The van der Waals surface area contributed by atoms with E-state index in [4.69, 9.17) is 9.52 Å². The molecule has 0 spiro atoms. The molecule has 0 radical (unpaired) electrons. The second kappa shape index (κ2) is 8.99. The number of carboxylic acids is 1.